The maximum Gasteiger partial charge on any atom is 0.144 e. The molecular weight excluding hydrogens is 205 g/mol. The van der Waals surface area contributed by atoms with Gasteiger partial charge in [-0.25, -0.2) is 4.39 Å². The molecule has 1 aromatic carbocycles. The quantitative estimate of drug-likeness (QED) is 0.770. The molecule has 0 aliphatic carbocycles. The summed E-state index contributed by atoms with van der Waals surface area (Å²) < 4.78 is 18.1. The summed E-state index contributed by atoms with van der Waals surface area (Å²) in [6.45, 7) is 3.54. The standard InChI is InChI=1S/C10H7ClFNO/c1-7(11)6-14-9-3-2-8(5-13)10(12)4-9/h2-4H,1,6H2. The summed E-state index contributed by atoms with van der Waals surface area (Å²) in [6.07, 6.45) is 0. The van der Waals surface area contributed by atoms with E-state index in [9.17, 15) is 4.39 Å². The summed E-state index contributed by atoms with van der Waals surface area (Å²) in [4.78, 5) is 0. The molecule has 0 amide bonds. The van der Waals surface area contributed by atoms with Crippen LogP contribution in [0.15, 0.2) is 29.8 Å². The highest BCUT2D eigenvalue weighted by Crippen LogP contribution is 2.16. The predicted octanol–water partition coefficient (Wildman–Crippen LogP) is 2.83. The predicted molar refractivity (Wildman–Crippen MR) is 51.6 cm³/mol. The third-order valence-electron chi connectivity index (χ3n) is 1.46. The molecule has 1 rings (SSSR count). The minimum absolute atomic E-state index is 0.0120. The summed E-state index contributed by atoms with van der Waals surface area (Å²) in [5.74, 6) is -0.284. The topological polar surface area (TPSA) is 33.0 Å². The molecule has 0 heterocycles. The number of nitriles is 1. The van der Waals surface area contributed by atoms with Crippen LogP contribution < -0.4 is 4.74 Å². The third kappa shape index (κ3) is 2.75. The SMILES string of the molecule is C=C(Cl)COc1ccc(C#N)c(F)c1. The minimum Gasteiger partial charge on any atom is -0.488 e. The van der Waals surface area contributed by atoms with Crippen LogP contribution in [0, 0.1) is 17.1 Å². The van der Waals surface area contributed by atoms with Crippen molar-refractivity contribution in [2.24, 2.45) is 0 Å². The summed E-state index contributed by atoms with van der Waals surface area (Å²) >= 11 is 5.46. The van der Waals surface area contributed by atoms with Crippen molar-refractivity contribution < 1.29 is 9.13 Å². The number of nitrogens with zero attached hydrogens (tertiary/aromatic N) is 1. The maximum absolute atomic E-state index is 13.0. The summed E-state index contributed by atoms with van der Waals surface area (Å²) in [5.41, 5.74) is -0.0120. The molecule has 0 radical (unpaired) electrons. The highest BCUT2D eigenvalue weighted by atomic mass is 35.5. The molecule has 0 unspecified atom stereocenters. The molecule has 0 spiro atoms. The number of rotatable bonds is 3. The van der Waals surface area contributed by atoms with E-state index in [1.165, 1.54) is 12.1 Å². The van der Waals surface area contributed by atoms with E-state index in [-0.39, 0.29) is 12.2 Å². The molecule has 0 atom stereocenters. The van der Waals surface area contributed by atoms with Crippen LogP contribution in [0.4, 0.5) is 4.39 Å². The number of ether oxygens (including phenoxy) is 1. The molecule has 4 heteroatoms. The Morgan fingerprint density at radius 3 is 2.86 bits per heavy atom. The van der Waals surface area contributed by atoms with Crippen LogP contribution >= 0.6 is 11.6 Å². The van der Waals surface area contributed by atoms with Crippen molar-refractivity contribution >= 4 is 11.6 Å². The second-order valence-electron chi connectivity index (χ2n) is 2.56. The average molecular weight is 212 g/mol. The molecule has 0 N–H and O–H groups in total. The zero-order valence-electron chi connectivity index (χ0n) is 7.26. The zero-order valence-corrected chi connectivity index (χ0v) is 8.01. The fourth-order valence-electron chi connectivity index (χ4n) is 0.838. The normalized spacial score (nSPS) is 9.21. The van der Waals surface area contributed by atoms with Crippen molar-refractivity contribution in [2.45, 2.75) is 0 Å². The molecule has 0 aromatic heterocycles. The molecule has 0 aliphatic heterocycles. The summed E-state index contributed by atoms with van der Waals surface area (Å²) in [5, 5.41) is 8.79. The molecule has 0 aliphatic rings. The van der Waals surface area contributed by atoms with Crippen molar-refractivity contribution in [1.82, 2.24) is 0 Å². The fourth-order valence-corrected chi connectivity index (χ4v) is 0.892. The van der Waals surface area contributed by atoms with Gasteiger partial charge in [-0.15, -0.1) is 0 Å². The molecule has 2 nitrogen and oxygen atoms in total. The Labute approximate surface area is 86.2 Å². The third-order valence-corrected chi connectivity index (χ3v) is 1.57. The van der Waals surface area contributed by atoms with Gasteiger partial charge in [0.1, 0.15) is 24.2 Å². The van der Waals surface area contributed by atoms with Crippen LogP contribution in [0.1, 0.15) is 5.56 Å². The Balaban J connectivity index is 2.77. The van der Waals surface area contributed by atoms with Crippen LogP contribution in [0.25, 0.3) is 0 Å². The minimum atomic E-state index is -0.606. The van der Waals surface area contributed by atoms with E-state index >= 15 is 0 Å². The van der Waals surface area contributed by atoms with Crippen molar-refractivity contribution in [3.63, 3.8) is 0 Å². The van der Waals surface area contributed by atoms with Crippen LogP contribution in [0.3, 0.4) is 0 Å². The summed E-state index contributed by atoms with van der Waals surface area (Å²) in [6, 6.07) is 5.70. The van der Waals surface area contributed by atoms with Gasteiger partial charge < -0.3 is 4.74 Å². The van der Waals surface area contributed by atoms with E-state index in [1.54, 1.807) is 6.07 Å². The van der Waals surface area contributed by atoms with Crippen LogP contribution in [-0.4, -0.2) is 6.61 Å². The number of hydrogen-bond donors (Lipinski definition) is 0. The first kappa shape index (κ1) is 10.6. The Morgan fingerprint density at radius 2 is 2.36 bits per heavy atom. The zero-order chi connectivity index (χ0) is 10.6. The number of benzene rings is 1. The van der Waals surface area contributed by atoms with Crippen LogP contribution in [-0.2, 0) is 0 Å². The monoisotopic (exact) mass is 211 g/mol. The van der Waals surface area contributed by atoms with E-state index < -0.39 is 5.82 Å². The molecule has 0 saturated heterocycles. The van der Waals surface area contributed by atoms with E-state index in [1.807, 2.05) is 0 Å². The average Bonchev–Trinajstić information content (AvgIpc) is 2.15. The first-order valence-electron chi connectivity index (χ1n) is 3.79. The summed E-state index contributed by atoms with van der Waals surface area (Å²) in [7, 11) is 0. The van der Waals surface area contributed by atoms with Gasteiger partial charge in [-0.2, -0.15) is 5.26 Å². The molecule has 0 saturated carbocycles. The van der Waals surface area contributed by atoms with Gasteiger partial charge >= 0.3 is 0 Å². The lowest BCUT2D eigenvalue weighted by Crippen LogP contribution is -1.97. The molecule has 0 bridgehead atoms. The molecular formula is C10H7ClFNO. The smallest absolute Gasteiger partial charge is 0.144 e. The Bertz CT molecular complexity index is 398. The van der Waals surface area contributed by atoms with Gasteiger partial charge in [0.2, 0.25) is 0 Å². The van der Waals surface area contributed by atoms with Crippen LogP contribution in [0.2, 0.25) is 0 Å². The van der Waals surface area contributed by atoms with E-state index in [0.29, 0.717) is 10.8 Å². The van der Waals surface area contributed by atoms with Crippen LogP contribution in [0.5, 0.6) is 5.75 Å². The highest BCUT2D eigenvalue weighted by Gasteiger charge is 2.03. The van der Waals surface area contributed by atoms with Crippen molar-refractivity contribution in [2.75, 3.05) is 6.61 Å². The highest BCUT2D eigenvalue weighted by molar-refractivity contribution is 6.29. The lowest BCUT2D eigenvalue weighted by molar-refractivity contribution is 0.357. The van der Waals surface area contributed by atoms with Gasteiger partial charge in [0, 0.05) is 11.1 Å². The fraction of sp³-hybridized carbons (Fsp3) is 0.100. The second kappa shape index (κ2) is 4.64. The van der Waals surface area contributed by atoms with Crippen molar-refractivity contribution in [3.8, 4) is 11.8 Å². The van der Waals surface area contributed by atoms with Gasteiger partial charge in [-0.3, -0.25) is 0 Å². The van der Waals surface area contributed by atoms with Gasteiger partial charge in [0.25, 0.3) is 0 Å². The molecule has 0 fully saturated rings. The largest absolute Gasteiger partial charge is 0.488 e. The van der Waals surface area contributed by atoms with E-state index in [2.05, 4.69) is 6.58 Å². The molecule has 72 valence electrons. The van der Waals surface area contributed by atoms with Gasteiger partial charge in [0.05, 0.1) is 5.56 Å². The van der Waals surface area contributed by atoms with E-state index in [0.717, 1.165) is 6.07 Å². The number of hydrogen-bond acceptors (Lipinski definition) is 2. The molecule has 1 aromatic rings. The Hall–Kier alpha value is -1.53. The number of halogens is 2. The Morgan fingerprint density at radius 1 is 1.64 bits per heavy atom. The first-order chi connectivity index (χ1) is 6.63. The van der Waals surface area contributed by atoms with Crippen molar-refractivity contribution in [3.05, 3.63) is 41.2 Å². The van der Waals surface area contributed by atoms with Gasteiger partial charge in [-0.05, 0) is 12.1 Å². The lowest BCUT2D eigenvalue weighted by Gasteiger charge is -2.04. The lowest BCUT2D eigenvalue weighted by atomic mass is 10.2. The van der Waals surface area contributed by atoms with Gasteiger partial charge in [-0.1, -0.05) is 18.2 Å². The Kier molecular flexibility index (Phi) is 3.49. The maximum atomic E-state index is 13.0. The molecule has 14 heavy (non-hydrogen) atoms. The second-order valence-corrected chi connectivity index (χ2v) is 3.09. The van der Waals surface area contributed by atoms with Crippen molar-refractivity contribution in [1.29, 1.82) is 5.26 Å². The van der Waals surface area contributed by atoms with E-state index in [4.69, 9.17) is 21.6 Å². The van der Waals surface area contributed by atoms with Gasteiger partial charge in [0.15, 0.2) is 0 Å². The first-order valence-corrected chi connectivity index (χ1v) is 4.17.